The molecule has 1 atom stereocenters. The maximum absolute atomic E-state index is 12.8. The number of aromatic hydroxyl groups is 1. The molecule has 0 radical (unpaired) electrons. The number of carbonyl (C=O) groups excluding carboxylic acids is 1. The van der Waals surface area contributed by atoms with Crippen LogP contribution in [0.5, 0.6) is 5.75 Å². The van der Waals surface area contributed by atoms with E-state index < -0.39 is 27.5 Å². The van der Waals surface area contributed by atoms with Gasteiger partial charge in [0.2, 0.25) is 5.75 Å². The number of para-hydroxylation sites is 1. The summed E-state index contributed by atoms with van der Waals surface area (Å²) in [5.74, 6) is -0.310. The molecule has 13 heteroatoms. The summed E-state index contributed by atoms with van der Waals surface area (Å²) in [5, 5.41) is 37.1. The quantitative estimate of drug-likeness (QED) is 0.0962. The molecule has 0 spiro atoms. The van der Waals surface area contributed by atoms with Gasteiger partial charge >= 0.3 is 5.69 Å². The first-order valence-corrected chi connectivity index (χ1v) is 13.4. The molecule has 3 aromatic carbocycles. The van der Waals surface area contributed by atoms with Crippen LogP contribution in [0.3, 0.4) is 0 Å². The number of carbonyl (C=O) groups is 1. The van der Waals surface area contributed by atoms with Crippen molar-refractivity contribution in [1.82, 2.24) is 20.2 Å². The second-order valence-corrected chi connectivity index (χ2v) is 10.6. The SMILES string of the molecule is Cc1ccc(NCc2nnc(SC(C)C(=O)N/N=C/c3cc(Br)cc([N+](=O)[O-])c3O)n2-c2ccccc2)cc1. The van der Waals surface area contributed by atoms with Crippen molar-refractivity contribution in [1.29, 1.82) is 0 Å². The molecule has 200 valence electrons. The standard InChI is InChI=1S/C26H24BrN7O4S/c1-16-8-10-20(11-9-16)28-15-23-30-32-26(33(23)21-6-4-3-5-7-21)39-17(2)25(36)31-29-14-18-12-19(27)13-22(24(18)35)34(37)38/h3-14,17,28,35H,15H2,1-2H3,(H,31,36)/b29-14+. The second kappa shape index (κ2) is 12.5. The van der Waals surface area contributed by atoms with Crippen LogP contribution in [0.2, 0.25) is 0 Å². The average Bonchev–Trinajstić information content (AvgIpc) is 3.32. The maximum Gasteiger partial charge on any atom is 0.312 e. The molecule has 0 aliphatic carbocycles. The fraction of sp³-hybridized carbons (Fsp3) is 0.154. The number of halogens is 1. The van der Waals surface area contributed by atoms with E-state index in [1.807, 2.05) is 66.1 Å². The van der Waals surface area contributed by atoms with Gasteiger partial charge in [-0.2, -0.15) is 5.10 Å². The van der Waals surface area contributed by atoms with Crippen molar-refractivity contribution in [2.45, 2.75) is 30.8 Å². The van der Waals surface area contributed by atoms with Gasteiger partial charge in [0.05, 0.1) is 22.9 Å². The van der Waals surface area contributed by atoms with Crippen LogP contribution >= 0.6 is 27.7 Å². The Balaban J connectivity index is 1.48. The van der Waals surface area contributed by atoms with Gasteiger partial charge in [0.25, 0.3) is 5.91 Å². The number of aromatic nitrogens is 3. The highest BCUT2D eigenvalue weighted by atomic mass is 79.9. The minimum atomic E-state index is -0.706. The van der Waals surface area contributed by atoms with E-state index in [1.54, 1.807) is 6.92 Å². The van der Waals surface area contributed by atoms with Crippen LogP contribution in [0.25, 0.3) is 5.69 Å². The Labute approximate surface area is 236 Å². The molecule has 4 rings (SSSR count). The predicted octanol–water partition coefficient (Wildman–Crippen LogP) is 5.20. The van der Waals surface area contributed by atoms with E-state index >= 15 is 0 Å². The molecule has 1 amide bonds. The zero-order valence-electron chi connectivity index (χ0n) is 20.9. The van der Waals surface area contributed by atoms with Gasteiger partial charge in [-0.25, -0.2) is 5.43 Å². The lowest BCUT2D eigenvalue weighted by molar-refractivity contribution is -0.385. The highest BCUT2D eigenvalue weighted by molar-refractivity contribution is 9.10. The van der Waals surface area contributed by atoms with Gasteiger partial charge in [-0.15, -0.1) is 10.2 Å². The molecule has 0 aliphatic rings. The Morgan fingerprint density at radius 2 is 1.92 bits per heavy atom. The van der Waals surface area contributed by atoms with Crippen LogP contribution < -0.4 is 10.7 Å². The first kappa shape index (κ1) is 27.8. The number of thioether (sulfide) groups is 1. The van der Waals surface area contributed by atoms with E-state index in [0.29, 0.717) is 22.0 Å². The summed E-state index contributed by atoms with van der Waals surface area (Å²) in [7, 11) is 0. The number of nitrogens with one attached hydrogen (secondary N) is 2. The normalized spacial score (nSPS) is 11.9. The summed E-state index contributed by atoms with van der Waals surface area (Å²) in [6.45, 7) is 4.14. The van der Waals surface area contributed by atoms with Crippen molar-refractivity contribution in [2.24, 2.45) is 5.10 Å². The summed E-state index contributed by atoms with van der Waals surface area (Å²) in [4.78, 5) is 23.2. The Kier molecular flexibility index (Phi) is 8.94. The third kappa shape index (κ3) is 7.00. The van der Waals surface area contributed by atoms with Crippen molar-refractivity contribution in [3.05, 3.63) is 98.3 Å². The molecule has 11 nitrogen and oxygen atoms in total. The van der Waals surface area contributed by atoms with E-state index in [0.717, 1.165) is 23.2 Å². The number of phenols is 1. The first-order chi connectivity index (χ1) is 18.7. The highest BCUT2D eigenvalue weighted by Gasteiger charge is 2.22. The molecule has 4 aromatic rings. The number of rotatable bonds is 10. The molecule has 0 aliphatic heterocycles. The molecule has 0 saturated heterocycles. The minimum absolute atomic E-state index is 0.0752. The molecule has 3 N–H and O–H groups in total. The third-order valence-electron chi connectivity index (χ3n) is 5.53. The van der Waals surface area contributed by atoms with Crippen molar-refractivity contribution < 1.29 is 14.8 Å². The molecule has 0 saturated carbocycles. The second-order valence-electron chi connectivity index (χ2n) is 8.40. The fourth-order valence-electron chi connectivity index (χ4n) is 3.49. The average molecular weight is 610 g/mol. The van der Waals surface area contributed by atoms with Crippen molar-refractivity contribution >= 4 is 51.2 Å². The lowest BCUT2D eigenvalue weighted by Gasteiger charge is -2.13. The van der Waals surface area contributed by atoms with Crippen LogP contribution in [0.15, 0.2) is 81.5 Å². The van der Waals surface area contributed by atoms with Crippen molar-refractivity contribution in [2.75, 3.05) is 5.32 Å². The number of phenolic OH excluding ortho intramolecular Hbond substituents is 1. The van der Waals surface area contributed by atoms with Crippen LogP contribution in [-0.2, 0) is 11.3 Å². The molecule has 0 bridgehead atoms. The molecule has 1 aromatic heterocycles. The van der Waals surface area contributed by atoms with Gasteiger partial charge in [0.15, 0.2) is 11.0 Å². The smallest absolute Gasteiger partial charge is 0.312 e. The van der Waals surface area contributed by atoms with Gasteiger partial charge in [-0.1, -0.05) is 63.6 Å². The minimum Gasteiger partial charge on any atom is -0.502 e. The Morgan fingerprint density at radius 3 is 2.62 bits per heavy atom. The van der Waals surface area contributed by atoms with E-state index in [1.165, 1.54) is 23.9 Å². The Bertz CT molecular complexity index is 1510. The molecular weight excluding hydrogens is 586 g/mol. The topological polar surface area (TPSA) is 148 Å². The van der Waals surface area contributed by atoms with E-state index in [-0.39, 0.29) is 5.56 Å². The molecular formula is C26H24BrN7O4S. The van der Waals surface area contributed by atoms with E-state index in [2.05, 4.69) is 42.0 Å². The number of amides is 1. The van der Waals surface area contributed by atoms with Gasteiger partial charge < -0.3 is 10.4 Å². The van der Waals surface area contributed by atoms with Crippen LogP contribution in [0.1, 0.15) is 23.9 Å². The number of nitro groups is 1. The largest absolute Gasteiger partial charge is 0.502 e. The number of anilines is 1. The zero-order chi connectivity index (χ0) is 27.9. The third-order valence-corrected chi connectivity index (χ3v) is 7.03. The number of nitro benzene ring substituents is 1. The summed E-state index contributed by atoms with van der Waals surface area (Å²) in [5.41, 5.74) is 4.97. The van der Waals surface area contributed by atoms with Gasteiger partial charge in [-0.3, -0.25) is 19.5 Å². The van der Waals surface area contributed by atoms with Gasteiger partial charge in [0.1, 0.15) is 0 Å². The molecule has 0 fully saturated rings. The fourth-order valence-corrected chi connectivity index (χ4v) is 4.83. The number of hydrogen-bond donors (Lipinski definition) is 3. The number of hydrogen-bond acceptors (Lipinski definition) is 9. The summed E-state index contributed by atoms with van der Waals surface area (Å²) >= 11 is 4.37. The molecule has 1 unspecified atom stereocenters. The number of benzene rings is 3. The Morgan fingerprint density at radius 1 is 1.21 bits per heavy atom. The van der Waals surface area contributed by atoms with Crippen LogP contribution in [0, 0.1) is 17.0 Å². The van der Waals surface area contributed by atoms with E-state index in [9.17, 15) is 20.0 Å². The zero-order valence-corrected chi connectivity index (χ0v) is 23.3. The van der Waals surface area contributed by atoms with E-state index in [4.69, 9.17) is 0 Å². The van der Waals surface area contributed by atoms with Crippen LogP contribution in [0.4, 0.5) is 11.4 Å². The number of hydrazone groups is 1. The van der Waals surface area contributed by atoms with Crippen molar-refractivity contribution in [3.63, 3.8) is 0 Å². The van der Waals surface area contributed by atoms with Gasteiger partial charge in [-0.05, 0) is 44.2 Å². The van der Waals surface area contributed by atoms with Crippen LogP contribution in [-0.4, -0.2) is 42.2 Å². The Hall–Kier alpha value is -4.23. The number of nitrogens with zero attached hydrogens (tertiary/aromatic N) is 5. The summed E-state index contributed by atoms with van der Waals surface area (Å²) in [6, 6.07) is 20.3. The predicted molar refractivity (Wildman–Crippen MR) is 153 cm³/mol. The molecule has 39 heavy (non-hydrogen) atoms. The summed E-state index contributed by atoms with van der Waals surface area (Å²) in [6.07, 6.45) is 1.14. The molecule has 1 heterocycles. The maximum atomic E-state index is 12.8. The van der Waals surface area contributed by atoms with Crippen molar-refractivity contribution in [3.8, 4) is 11.4 Å². The summed E-state index contributed by atoms with van der Waals surface area (Å²) < 4.78 is 2.27. The lowest BCUT2D eigenvalue weighted by atomic mass is 10.2. The lowest BCUT2D eigenvalue weighted by Crippen LogP contribution is -2.27. The first-order valence-electron chi connectivity index (χ1n) is 11.7. The monoisotopic (exact) mass is 609 g/mol. The number of aryl methyl sites for hydroxylation is 1. The van der Waals surface area contributed by atoms with Gasteiger partial charge in [0, 0.05) is 27.5 Å². The highest BCUT2D eigenvalue weighted by Crippen LogP contribution is 2.32.